The number of amides is 1. The normalized spacial score (nSPS) is 13.3. The van der Waals surface area contributed by atoms with Gasteiger partial charge in [-0.05, 0) is 44.7 Å². The first-order chi connectivity index (χ1) is 12.6. The molecule has 0 radical (unpaired) electrons. The molecule has 7 nitrogen and oxygen atoms in total. The zero-order valence-corrected chi connectivity index (χ0v) is 17.9. The number of nitrogens with one attached hydrogen (secondary N) is 3. The van der Waals surface area contributed by atoms with Crippen molar-refractivity contribution in [3.63, 3.8) is 0 Å². The smallest absolute Gasteiger partial charge is 0.407 e. The van der Waals surface area contributed by atoms with Crippen LogP contribution in [0, 0.1) is 5.92 Å². The summed E-state index contributed by atoms with van der Waals surface area (Å²) in [5.41, 5.74) is 0.571. The van der Waals surface area contributed by atoms with Gasteiger partial charge in [0, 0.05) is 26.3 Å². The second kappa shape index (κ2) is 11.0. The average Bonchev–Trinajstić information content (AvgIpc) is 2.56. The van der Waals surface area contributed by atoms with E-state index in [0.717, 1.165) is 12.0 Å². The molecule has 1 heterocycles. The standard InChI is InChI=1S/C19H32ClN5O2/c1-13(2)15(25-18(26)27-19(3,4)5)12-24-17(21-6)22-10-9-14-7-8-16(20)23-11-14/h7-8,11,13,15H,9-10,12H2,1-6H3,(H,25,26)(H2,21,22,24). The van der Waals surface area contributed by atoms with E-state index < -0.39 is 11.7 Å². The number of carbonyl (C=O) groups is 1. The molecule has 3 N–H and O–H groups in total. The van der Waals surface area contributed by atoms with E-state index in [1.165, 1.54) is 0 Å². The van der Waals surface area contributed by atoms with E-state index in [1.54, 1.807) is 19.3 Å². The van der Waals surface area contributed by atoms with Crippen LogP contribution in [0.1, 0.15) is 40.2 Å². The minimum Gasteiger partial charge on any atom is -0.444 e. The molecule has 0 aromatic carbocycles. The van der Waals surface area contributed by atoms with Crippen LogP contribution in [0.2, 0.25) is 5.15 Å². The minimum absolute atomic E-state index is 0.0844. The van der Waals surface area contributed by atoms with Crippen molar-refractivity contribution < 1.29 is 9.53 Å². The van der Waals surface area contributed by atoms with Crippen LogP contribution in [0.3, 0.4) is 0 Å². The largest absolute Gasteiger partial charge is 0.444 e. The Hall–Kier alpha value is -2.02. The highest BCUT2D eigenvalue weighted by Crippen LogP contribution is 2.08. The summed E-state index contributed by atoms with van der Waals surface area (Å²) >= 11 is 5.79. The molecule has 1 unspecified atom stereocenters. The number of alkyl carbamates (subject to hydrolysis) is 1. The van der Waals surface area contributed by atoms with Gasteiger partial charge in [0.2, 0.25) is 0 Å². The zero-order chi connectivity index (χ0) is 20.4. The Labute approximate surface area is 167 Å². The molecule has 27 heavy (non-hydrogen) atoms. The van der Waals surface area contributed by atoms with Crippen LogP contribution in [0.25, 0.3) is 0 Å². The van der Waals surface area contributed by atoms with Gasteiger partial charge in [-0.15, -0.1) is 0 Å². The summed E-state index contributed by atoms with van der Waals surface area (Å²) in [6.07, 6.45) is 2.15. The number of guanidine groups is 1. The molecule has 0 aliphatic heterocycles. The van der Waals surface area contributed by atoms with Crippen molar-refractivity contribution in [3.05, 3.63) is 29.0 Å². The van der Waals surface area contributed by atoms with Crippen molar-refractivity contribution in [2.24, 2.45) is 10.9 Å². The molecule has 0 aliphatic carbocycles. The third-order valence-corrected chi connectivity index (χ3v) is 3.94. The summed E-state index contributed by atoms with van der Waals surface area (Å²) in [7, 11) is 1.71. The van der Waals surface area contributed by atoms with Gasteiger partial charge in [-0.2, -0.15) is 0 Å². The predicted molar refractivity (Wildman–Crippen MR) is 110 cm³/mol. The van der Waals surface area contributed by atoms with Gasteiger partial charge >= 0.3 is 6.09 Å². The van der Waals surface area contributed by atoms with Crippen molar-refractivity contribution in [2.75, 3.05) is 20.1 Å². The Morgan fingerprint density at radius 2 is 2.00 bits per heavy atom. The molecule has 1 rings (SSSR count). The van der Waals surface area contributed by atoms with Crippen molar-refractivity contribution in [3.8, 4) is 0 Å². The summed E-state index contributed by atoms with van der Waals surface area (Å²) in [5, 5.41) is 9.90. The van der Waals surface area contributed by atoms with Gasteiger partial charge in [0.1, 0.15) is 10.8 Å². The molecule has 0 saturated heterocycles. The lowest BCUT2D eigenvalue weighted by molar-refractivity contribution is 0.0491. The van der Waals surface area contributed by atoms with E-state index in [2.05, 4.69) is 25.9 Å². The van der Waals surface area contributed by atoms with Gasteiger partial charge in [-0.1, -0.05) is 31.5 Å². The molecule has 1 aromatic heterocycles. The fourth-order valence-corrected chi connectivity index (χ4v) is 2.33. The fraction of sp³-hybridized carbons (Fsp3) is 0.632. The van der Waals surface area contributed by atoms with E-state index in [1.807, 2.05) is 40.7 Å². The Balaban J connectivity index is 2.45. The van der Waals surface area contributed by atoms with E-state index in [9.17, 15) is 4.79 Å². The molecule has 0 spiro atoms. The molecule has 8 heteroatoms. The number of rotatable bonds is 7. The molecule has 152 valence electrons. The van der Waals surface area contributed by atoms with Crippen LogP contribution in [0.15, 0.2) is 23.3 Å². The molecule has 0 aliphatic rings. The first kappa shape index (κ1) is 23.0. The summed E-state index contributed by atoms with van der Waals surface area (Å²) in [6, 6.07) is 3.64. The minimum atomic E-state index is -0.521. The number of halogens is 1. The number of carbonyl (C=O) groups excluding carboxylic acids is 1. The Morgan fingerprint density at radius 1 is 1.30 bits per heavy atom. The van der Waals surface area contributed by atoms with Gasteiger partial charge in [0.25, 0.3) is 0 Å². The third-order valence-electron chi connectivity index (χ3n) is 3.71. The molecule has 0 bridgehead atoms. The second-order valence-electron chi connectivity index (χ2n) is 7.62. The summed E-state index contributed by atoms with van der Waals surface area (Å²) < 4.78 is 5.33. The third kappa shape index (κ3) is 10.0. The molecular formula is C19H32ClN5O2. The molecule has 0 fully saturated rings. The number of aliphatic imine (C=N–C) groups is 1. The number of nitrogens with zero attached hydrogens (tertiary/aromatic N) is 2. The first-order valence-corrected chi connectivity index (χ1v) is 9.53. The van der Waals surface area contributed by atoms with Crippen molar-refractivity contribution in [1.82, 2.24) is 20.9 Å². The number of hydrogen-bond acceptors (Lipinski definition) is 4. The van der Waals surface area contributed by atoms with Crippen LogP contribution in [-0.4, -0.2) is 48.8 Å². The number of aromatic nitrogens is 1. The summed E-state index contributed by atoms with van der Waals surface area (Å²) in [6.45, 7) is 10.9. The van der Waals surface area contributed by atoms with Gasteiger partial charge in [-0.3, -0.25) is 4.99 Å². The highest BCUT2D eigenvalue weighted by atomic mass is 35.5. The topological polar surface area (TPSA) is 87.6 Å². The van der Waals surface area contributed by atoms with E-state index in [0.29, 0.717) is 24.2 Å². The second-order valence-corrected chi connectivity index (χ2v) is 8.00. The lowest BCUT2D eigenvalue weighted by atomic mass is 10.0. The van der Waals surface area contributed by atoms with Crippen molar-refractivity contribution in [2.45, 2.75) is 52.7 Å². The first-order valence-electron chi connectivity index (χ1n) is 9.15. The van der Waals surface area contributed by atoms with Crippen LogP contribution >= 0.6 is 11.6 Å². The SMILES string of the molecule is CN=C(NCCc1ccc(Cl)nc1)NCC(NC(=O)OC(C)(C)C)C(C)C. The van der Waals surface area contributed by atoms with Crippen molar-refractivity contribution >= 4 is 23.7 Å². The van der Waals surface area contributed by atoms with Crippen molar-refractivity contribution in [1.29, 1.82) is 0 Å². The van der Waals surface area contributed by atoms with Crippen LogP contribution in [-0.2, 0) is 11.2 Å². The van der Waals surface area contributed by atoms with E-state index in [-0.39, 0.29) is 12.0 Å². The fourth-order valence-electron chi connectivity index (χ4n) is 2.22. The summed E-state index contributed by atoms with van der Waals surface area (Å²) in [4.78, 5) is 20.3. The molecule has 1 atom stereocenters. The van der Waals surface area contributed by atoms with Crippen LogP contribution < -0.4 is 16.0 Å². The van der Waals surface area contributed by atoms with Gasteiger partial charge in [-0.25, -0.2) is 9.78 Å². The Morgan fingerprint density at radius 3 is 2.52 bits per heavy atom. The quantitative estimate of drug-likeness (QED) is 0.374. The number of ether oxygens (including phenoxy) is 1. The zero-order valence-electron chi connectivity index (χ0n) is 17.1. The van der Waals surface area contributed by atoms with Crippen LogP contribution in [0.5, 0.6) is 0 Å². The highest BCUT2D eigenvalue weighted by Gasteiger charge is 2.21. The lowest BCUT2D eigenvalue weighted by Gasteiger charge is -2.26. The maximum absolute atomic E-state index is 12.0. The maximum Gasteiger partial charge on any atom is 0.407 e. The average molecular weight is 398 g/mol. The highest BCUT2D eigenvalue weighted by molar-refractivity contribution is 6.29. The van der Waals surface area contributed by atoms with Gasteiger partial charge < -0.3 is 20.7 Å². The Kier molecular flexibility index (Phi) is 9.35. The molecule has 1 amide bonds. The van der Waals surface area contributed by atoms with Gasteiger partial charge in [0.15, 0.2) is 5.96 Å². The van der Waals surface area contributed by atoms with E-state index >= 15 is 0 Å². The molecule has 0 saturated carbocycles. The Bertz CT molecular complexity index is 612. The maximum atomic E-state index is 12.0. The van der Waals surface area contributed by atoms with E-state index in [4.69, 9.17) is 16.3 Å². The van der Waals surface area contributed by atoms with Crippen LogP contribution in [0.4, 0.5) is 4.79 Å². The molecule has 1 aromatic rings. The number of hydrogen-bond donors (Lipinski definition) is 3. The number of pyridine rings is 1. The predicted octanol–water partition coefficient (Wildman–Crippen LogP) is 2.99. The monoisotopic (exact) mass is 397 g/mol. The molecular weight excluding hydrogens is 366 g/mol. The van der Waals surface area contributed by atoms with Gasteiger partial charge in [0.05, 0.1) is 6.04 Å². The lowest BCUT2D eigenvalue weighted by Crippen LogP contribution is -2.50. The summed E-state index contributed by atoms with van der Waals surface area (Å²) in [5.74, 6) is 0.914.